The summed E-state index contributed by atoms with van der Waals surface area (Å²) < 4.78 is 39.8. The van der Waals surface area contributed by atoms with Gasteiger partial charge in [-0.2, -0.15) is 18.3 Å². The number of aromatic nitrogens is 3. The van der Waals surface area contributed by atoms with E-state index in [2.05, 4.69) is 15.4 Å². The summed E-state index contributed by atoms with van der Waals surface area (Å²) in [6, 6.07) is 8.59. The summed E-state index contributed by atoms with van der Waals surface area (Å²) in [7, 11) is 1.32. The molecule has 0 radical (unpaired) electrons. The molecule has 0 saturated carbocycles. The number of nitrogens with one attached hydrogen (secondary N) is 1. The molecule has 23 heavy (non-hydrogen) atoms. The average Bonchev–Trinajstić information content (AvgIpc) is 2.90. The molecular weight excluding hydrogens is 309 g/mol. The van der Waals surface area contributed by atoms with Gasteiger partial charge in [-0.3, -0.25) is 14.5 Å². The Balaban J connectivity index is 1.99. The SMILES string of the molecule is Cn1cc(C(=O)Nc2cccc3cccnc23)c(C(F)(F)F)n1. The van der Waals surface area contributed by atoms with E-state index in [0.29, 0.717) is 11.2 Å². The number of carbonyl (C=O) groups excluding carboxylic acids is 1. The van der Waals surface area contributed by atoms with Crippen LogP contribution in [0.25, 0.3) is 10.9 Å². The first-order chi connectivity index (χ1) is 10.9. The van der Waals surface area contributed by atoms with Crippen LogP contribution >= 0.6 is 0 Å². The highest BCUT2D eigenvalue weighted by molar-refractivity contribution is 6.08. The minimum atomic E-state index is -4.70. The smallest absolute Gasteiger partial charge is 0.320 e. The van der Waals surface area contributed by atoms with Crippen LogP contribution in [-0.2, 0) is 13.2 Å². The van der Waals surface area contributed by atoms with E-state index in [-0.39, 0.29) is 0 Å². The van der Waals surface area contributed by atoms with E-state index >= 15 is 0 Å². The molecule has 3 rings (SSSR count). The number of anilines is 1. The molecule has 0 atom stereocenters. The van der Waals surface area contributed by atoms with Gasteiger partial charge >= 0.3 is 6.18 Å². The van der Waals surface area contributed by atoms with Crippen molar-refractivity contribution in [1.82, 2.24) is 14.8 Å². The highest BCUT2D eigenvalue weighted by Gasteiger charge is 2.39. The highest BCUT2D eigenvalue weighted by atomic mass is 19.4. The van der Waals surface area contributed by atoms with Crippen LogP contribution in [0.4, 0.5) is 18.9 Å². The number of alkyl halides is 3. The molecule has 1 amide bonds. The summed E-state index contributed by atoms with van der Waals surface area (Å²) in [5, 5.41) is 6.57. The summed E-state index contributed by atoms with van der Waals surface area (Å²) >= 11 is 0. The molecule has 0 saturated heterocycles. The van der Waals surface area contributed by atoms with Crippen LogP contribution in [0.15, 0.2) is 42.7 Å². The molecule has 1 aromatic carbocycles. The molecule has 0 bridgehead atoms. The van der Waals surface area contributed by atoms with Crippen LogP contribution in [0.3, 0.4) is 0 Å². The average molecular weight is 320 g/mol. The molecule has 118 valence electrons. The minimum Gasteiger partial charge on any atom is -0.320 e. The number of benzene rings is 1. The van der Waals surface area contributed by atoms with Crippen molar-refractivity contribution in [1.29, 1.82) is 0 Å². The van der Waals surface area contributed by atoms with Crippen molar-refractivity contribution in [3.63, 3.8) is 0 Å². The summed E-state index contributed by atoms with van der Waals surface area (Å²) in [5.74, 6) is -0.886. The fourth-order valence-corrected chi connectivity index (χ4v) is 2.26. The van der Waals surface area contributed by atoms with E-state index in [0.717, 1.165) is 16.3 Å². The van der Waals surface area contributed by atoms with Gasteiger partial charge in [-0.1, -0.05) is 18.2 Å². The van der Waals surface area contributed by atoms with E-state index < -0.39 is 23.3 Å². The van der Waals surface area contributed by atoms with E-state index in [1.807, 2.05) is 0 Å². The summed E-state index contributed by atoms with van der Waals surface area (Å²) in [6.45, 7) is 0. The van der Waals surface area contributed by atoms with Gasteiger partial charge in [0.05, 0.1) is 16.8 Å². The predicted octanol–water partition coefficient (Wildman–Crippen LogP) is 3.24. The maximum atomic E-state index is 12.9. The monoisotopic (exact) mass is 320 g/mol. The van der Waals surface area contributed by atoms with Crippen LogP contribution in [0.2, 0.25) is 0 Å². The number of pyridine rings is 1. The Morgan fingerprint density at radius 2 is 1.96 bits per heavy atom. The second kappa shape index (κ2) is 5.38. The Hall–Kier alpha value is -2.90. The van der Waals surface area contributed by atoms with E-state index in [1.54, 1.807) is 36.5 Å². The lowest BCUT2D eigenvalue weighted by Gasteiger charge is -2.09. The lowest BCUT2D eigenvalue weighted by atomic mass is 10.1. The van der Waals surface area contributed by atoms with Crippen LogP contribution < -0.4 is 5.32 Å². The van der Waals surface area contributed by atoms with E-state index in [4.69, 9.17) is 0 Å². The first-order valence-electron chi connectivity index (χ1n) is 6.62. The number of halogens is 3. The quantitative estimate of drug-likeness (QED) is 0.788. The van der Waals surface area contributed by atoms with Crippen LogP contribution in [0, 0.1) is 0 Å². The maximum absolute atomic E-state index is 12.9. The molecule has 2 aromatic heterocycles. The van der Waals surface area contributed by atoms with Crippen molar-refractivity contribution in [2.45, 2.75) is 6.18 Å². The van der Waals surface area contributed by atoms with Gasteiger partial charge in [0.2, 0.25) is 0 Å². The zero-order valence-corrected chi connectivity index (χ0v) is 11.9. The molecule has 0 fully saturated rings. The predicted molar refractivity (Wildman–Crippen MR) is 77.9 cm³/mol. The lowest BCUT2D eigenvalue weighted by molar-refractivity contribution is -0.141. The number of fused-ring (bicyclic) bond motifs is 1. The number of para-hydroxylation sites is 1. The molecule has 1 N–H and O–H groups in total. The number of hydrogen-bond donors (Lipinski definition) is 1. The molecule has 0 aliphatic carbocycles. The van der Waals surface area contributed by atoms with Crippen molar-refractivity contribution in [2.75, 3.05) is 5.32 Å². The van der Waals surface area contributed by atoms with Crippen molar-refractivity contribution in [2.24, 2.45) is 7.05 Å². The third-order valence-electron chi connectivity index (χ3n) is 3.22. The Kier molecular flexibility index (Phi) is 3.51. The Bertz CT molecular complexity index is 881. The second-order valence-corrected chi connectivity index (χ2v) is 4.90. The number of aryl methyl sites for hydroxylation is 1. The van der Waals surface area contributed by atoms with Gasteiger partial charge in [0.15, 0.2) is 5.69 Å². The second-order valence-electron chi connectivity index (χ2n) is 4.90. The maximum Gasteiger partial charge on any atom is 0.435 e. The molecule has 3 aromatic rings. The van der Waals surface area contributed by atoms with Crippen molar-refractivity contribution in [3.8, 4) is 0 Å². The highest BCUT2D eigenvalue weighted by Crippen LogP contribution is 2.31. The molecule has 0 spiro atoms. The summed E-state index contributed by atoms with van der Waals surface area (Å²) in [5.41, 5.74) is -0.912. The Labute approximate surface area is 128 Å². The van der Waals surface area contributed by atoms with Crippen molar-refractivity contribution < 1.29 is 18.0 Å². The lowest BCUT2D eigenvalue weighted by Crippen LogP contribution is -2.18. The third kappa shape index (κ3) is 2.87. The zero-order valence-electron chi connectivity index (χ0n) is 11.9. The van der Waals surface area contributed by atoms with Gasteiger partial charge in [0.25, 0.3) is 5.91 Å². The number of carbonyl (C=O) groups is 1. The molecule has 2 heterocycles. The Morgan fingerprint density at radius 3 is 2.70 bits per heavy atom. The molecule has 8 heteroatoms. The van der Waals surface area contributed by atoms with Gasteiger partial charge < -0.3 is 5.32 Å². The minimum absolute atomic E-state index is 0.338. The van der Waals surface area contributed by atoms with Gasteiger partial charge in [-0.05, 0) is 12.1 Å². The van der Waals surface area contributed by atoms with Crippen molar-refractivity contribution in [3.05, 3.63) is 54.0 Å². The van der Waals surface area contributed by atoms with Gasteiger partial charge in [0, 0.05) is 24.8 Å². The first-order valence-corrected chi connectivity index (χ1v) is 6.62. The summed E-state index contributed by atoms with van der Waals surface area (Å²) in [4.78, 5) is 16.4. The number of nitrogens with zero attached hydrogens (tertiary/aromatic N) is 3. The fourth-order valence-electron chi connectivity index (χ4n) is 2.26. The largest absolute Gasteiger partial charge is 0.435 e. The topological polar surface area (TPSA) is 59.8 Å². The van der Waals surface area contributed by atoms with Gasteiger partial charge in [-0.25, -0.2) is 0 Å². The van der Waals surface area contributed by atoms with Crippen LogP contribution in [0.1, 0.15) is 16.1 Å². The van der Waals surface area contributed by atoms with Gasteiger partial charge in [-0.15, -0.1) is 0 Å². The fraction of sp³-hybridized carbons (Fsp3) is 0.133. The summed E-state index contributed by atoms with van der Waals surface area (Å²) in [6.07, 6.45) is -2.12. The Morgan fingerprint density at radius 1 is 1.22 bits per heavy atom. The molecule has 0 unspecified atom stereocenters. The number of rotatable bonds is 2. The zero-order chi connectivity index (χ0) is 16.6. The molecule has 0 aliphatic heterocycles. The van der Waals surface area contributed by atoms with E-state index in [1.165, 1.54) is 7.05 Å². The third-order valence-corrected chi connectivity index (χ3v) is 3.22. The molecule has 5 nitrogen and oxygen atoms in total. The normalized spacial score (nSPS) is 11.7. The molecular formula is C15H11F3N4O. The van der Waals surface area contributed by atoms with Crippen molar-refractivity contribution >= 4 is 22.5 Å². The first kappa shape index (κ1) is 15.0. The van der Waals surface area contributed by atoms with Crippen LogP contribution in [0.5, 0.6) is 0 Å². The number of hydrogen-bond acceptors (Lipinski definition) is 3. The van der Waals surface area contributed by atoms with Gasteiger partial charge in [0.1, 0.15) is 0 Å². The van der Waals surface area contributed by atoms with Crippen LogP contribution in [-0.4, -0.2) is 20.7 Å². The molecule has 0 aliphatic rings. The van der Waals surface area contributed by atoms with E-state index in [9.17, 15) is 18.0 Å². The standard InChI is InChI=1S/C15H11F3N4O/c1-22-8-10(13(21-22)15(16,17)18)14(23)20-11-6-2-4-9-5-3-7-19-12(9)11/h2-8H,1H3,(H,20,23). The number of amides is 1.